The van der Waals surface area contributed by atoms with Crippen LogP contribution in [0.1, 0.15) is 25.2 Å². The lowest BCUT2D eigenvalue weighted by Gasteiger charge is -2.28. The van der Waals surface area contributed by atoms with Gasteiger partial charge in [0.2, 0.25) is 21.8 Å². The monoisotopic (exact) mass is 532 g/mol. The summed E-state index contributed by atoms with van der Waals surface area (Å²) in [7, 11) is -0.0981. The number of aliphatic imine (C=N–C) groups is 1. The molecular weight excluding hydrogens is 500 g/mol. The molecule has 0 atom stereocenters. The standard InChI is InChI=1S/C23H32N8O5S/c1-23(2)35-17-7-6-16(12-18(17)36-23)14-25-28-19-13-21(31-8-10-34-11-9-31)27-20(26-19)15-24-22(30(3)4)29-37(5,32)33/h6-7,12-14H,8-11,15H2,1-5H3,(H,24,29)(H,26,27,28). The normalized spacial score (nSPS) is 17.2. The molecule has 1 saturated heterocycles. The van der Waals surface area contributed by atoms with Gasteiger partial charge >= 0.3 is 0 Å². The Hall–Kier alpha value is -3.65. The molecular formula is C23H32N8O5S. The molecule has 1 fully saturated rings. The van der Waals surface area contributed by atoms with Gasteiger partial charge in [-0.15, -0.1) is 0 Å². The second-order valence-corrected chi connectivity index (χ2v) is 11.0. The molecule has 2 N–H and O–H groups in total. The van der Waals surface area contributed by atoms with Gasteiger partial charge in [-0.25, -0.2) is 23.4 Å². The molecule has 13 nitrogen and oxygen atoms in total. The molecule has 4 rings (SSSR count). The number of hydrogen-bond acceptors (Lipinski definition) is 11. The lowest BCUT2D eigenvalue weighted by Crippen LogP contribution is -2.39. The van der Waals surface area contributed by atoms with Gasteiger partial charge in [0.1, 0.15) is 12.4 Å². The number of aromatic nitrogens is 2. The van der Waals surface area contributed by atoms with Crippen LogP contribution in [-0.4, -0.2) is 87.9 Å². The van der Waals surface area contributed by atoms with E-state index in [9.17, 15) is 8.42 Å². The molecule has 2 aliphatic rings. The molecule has 0 unspecified atom stereocenters. The molecule has 1 aromatic heterocycles. The predicted molar refractivity (Wildman–Crippen MR) is 141 cm³/mol. The zero-order valence-corrected chi connectivity index (χ0v) is 22.4. The first kappa shape index (κ1) is 26.4. The van der Waals surface area contributed by atoms with Gasteiger partial charge < -0.3 is 24.0 Å². The molecule has 0 aliphatic carbocycles. The van der Waals surface area contributed by atoms with Gasteiger partial charge in [-0.2, -0.15) is 5.10 Å². The molecule has 0 saturated carbocycles. The lowest BCUT2D eigenvalue weighted by molar-refractivity contribution is -0.0431. The average Bonchev–Trinajstić information content (AvgIpc) is 3.14. The van der Waals surface area contributed by atoms with E-state index in [-0.39, 0.29) is 12.5 Å². The number of fused-ring (bicyclic) bond motifs is 1. The molecule has 3 heterocycles. The highest BCUT2D eigenvalue weighted by Crippen LogP contribution is 2.39. The first-order valence-electron chi connectivity index (χ1n) is 11.7. The quantitative estimate of drug-likeness (QED) is 0.304. The largest absolute Gasteiger partial charge is 0.449 e. The van der Waals surface area contributed by atoms with Crippen molar-refractivity contribution in [3.05, 3.63) is 35.7 Å². The fourth-order valence-corrected chi connectivity index (χ4v) is 4.21. The third kappa shape index (κ3) is 7.43. The van der Waals surface area contributed by atoms with E-state index in [4.69, 9.17) is 14.2 Å². The Balaban J connectivity index is 1.54. The van der Waals surface area contributed by atoms with E-state index in [1.54, 1.807) is 31.3 Å². The highest BCUT2D eigenvalue weighted by molar-refractivity contribution is 7.89. The maximum Gasteiger partial charge on any atom is 0.246 e. The summed E-state index contributed by atoms with van der Waals surface area (Å²) in [5.41, 5.74) is 3.79. The number of ether oxygens (including phenoxy) is 3. The maximum absolute atomic E-state index is 11.7. The predicted octanol–water partition coefficient (Wildman–Crippen LogP) is 1.23. The number of sulfonamides is 1. The summed E-state index contributed by atoms with van der Waals surface area (Å²) < 4.78 is 42.8. The number of nitrogens with one attached hydrogen (secondary N) is 2. The van der Waals surface area contributed by atoms with Crippen molar-refractivity contribution in [2.75, 3.05) is 57.0 Å². The van der Waals surface area contributed by atoms with Gasteiger partial charge in [0, 0.05) is 47.1 Å². The minimum Gasteiger partial charge on any atom is -0.449 e. The van der Waals surface area contributed by atoms with Crippen LogP contribution >= 0.6 is 0 Å². The molecule has 1 aromatic carbocycles. The van der Waals surface area contributed by atoms with Crippen LogP contribution in [0.2, 0.25) is 0 Å². The molecule has 2 aliphatic heterocycles. The molecule has 0 radical (unpaired) electrons. The van der Waals surface area contributed by atoms with Crippen molar-refractivity contribution in [3.8, 4) is 11.5 Å². The fourth-order valence-electron chi connectivity index (χ4n) is 3.63. The Labute approximate surface area is 216 Å². The lowest BCUT2D eigenvalue weighted by atomic mass is 10.2. The van der Waals surface area contributed by atoms with Crippen LogP contribution in [0.4, 0.5) is 11.6 Å². The zero-order valence-electron chi connectivity index (χ0n) is 21.6. The van der Waals surface area contributed by atoms with Crippen LogP contribution in [0, 0.1) is 0 Å². The van der Waals surface area contributed by atoms with E-state index in [1.807, 2.05) is 32.0 Å². The fraction of sp³-hybridized carbons (Fsp3) is 0.478. The molecule has 2 aromatic rings. The zero-order chi connectivity index (χ0) is 26.6. The summed E-state index contributed by atoms with van der Waals surface area (Å²) >= 11 is 0. The summed E-state index contributed by atoms with van der Waals surface area (Å²) in [6.07, 6.45) is 2.73. The topological polar surface area (TPSA) is 143 Å². The Bertz CT molecular complexity index is 1290. The Kier molecular flexibility index (Phi) is 7.68. The summed E-state index contributed by atoms with van der Waals surface area (Å²) in [4.78, 5) is 17.2. The van der Waals surface area contributed by atoms with Gasteiger partial charge in [0.15, 0.2) is 23.1 Å². The van der Waals surface area contributed by atoms with Crippen molar-refractivity contribution in [2.45, 2.75) is 26.2 Å². The first-order chi connectivity index (χ1) is 17.5. The van der Waals surface area contributed by atoms with Crippen molar-refractivity contribution >= 4 is 33.8 Å². The van der Waals surface area contributed by atoms with E-state index in [1.165, 1.54) is 0 Å². The van der Waals surface area contributed by atoms with Crippen LogP contribution in [0.5, 0.6) is 11.5 Å². The average molecular weight is 533 g/mol. The minimum absolute atomic E-state index is 0.0601. The van der Waals surface area contributed by atoms with Crippen molar-refractivity contribution < 1.29 is 22.6 Å². The number of hydrogen-bond donors (Lipinski definition) is 2. The van der Waals surface area contributed by atoms with Gasteiger partial charge in [0.05, 0.1) is 25.7 Å². The summed E-state index contributed by atoms with van der Waals surface area (Å²) in [6, 6.07) is 7.38. The van der Waals surface area contributed by atoms with Gasteiger partial charge in [-0.3, -0.25) is 10.1 Å². The first-order valence-corrected chi connectivity index (χ1v) is 13.6. The highest BCUT2D eigenvalue weighted by Gasteiger charge is 2.31. The van der Waals surface area contributed by atoms with Crippen LogP contribution in [0.3, 0.4) is 0 Å². The molecule has 200 valence electrons. The van der Waals surface area contributed by atoms with Gasteiger partial charge in [-0.1, -0.05) is 0 Å². The second kappa shape index (κ2) is 10.8. The summed E-state index contributed by atoms with van der Waals surface area (Å²) in [6.45, 7) is 6.34. The van der Waals surface area contributed by atoms with Crippen molar-refractivity contribution in [2.24, 2.45) is 10.1 Å². The Morgan fingerprint density at radius 2 is 1.89 bits per heavy atom. The highest BCUT2D eigenvalue weighted by atomic mass is 32.2. The Morgan fingerprint density at radius 3 is 2.59 bits per heavy atom. The van der Waals surface area contributed by atoms with Crippen LogP contribution < -0.4 is 24.5 Å². The SMILES string of the molecule is CN(C)C(=NCc1nc(NN=Cc2ccc3c(c2)OC(C)(C)O3)cc(N2CCOCC2)n1)NS(C)(=O)=O. The molecule has 0 spiro atoms. The van der Waals surface area contributed by atoms with E-state index >= 15 is 0 Å². The third-order valence-corrected chi connectivity index (χ3v) is 5.79. The molecule has 14 heteroatoms. The summed E-state index contributed by atoms with van der Waals surface area (Å²) in [5, 5.41) is 4.33. The smallest absolute Gasteiger partial charge is 0.246 e. The number of benzene rings is 1. The second-order valence-electron chi connectivity index (χ2n) is 9.22. The number of hydrazone groups is 1. The van der Waals surface area contributed by atoms with Gasteiger partial charge in [-0.05, 0) is 23.8 Å². The number of rotatable bonds is 7. The number of nitrogens with zero attached hydrogens (tertiary/aromatic N) is 6. The molecule has 0 bridgehead atoms. The number of guanidine groups is 1. The van der Waals surface area contributed by atoms with Crippen molar-refractivity contribution in [1.82, 2.24) is 19.6 Å². The van der Waals surface area contributed by atoms with E-state index in [0.29, 0.717) is 55.3 Å². The van der Waals surface area contributed by atoms with Gasteiger partial charge in [0.25, 0.3) is 0 Å². The van der Waals surface area contributed by atoms with Crippen LogP contribution in [0.25, 0.3) is 0 Å². The van der Waals surface area contributed by atoms with E-state index < -0.39 is 15.8 Å². The molecule has 0 amide bonds. The minimum atomic E-state index is -3.49. The number of morpholine rings is 1. The van der Waals surface area contributed by atoms with Crippen molar-refractivity contribution in [1.29, 1.82) is 0 Å². The van der Waals surface area contributed by atoms with E-state index in [2.05, 4.69) is 35.1 Å². The summed E-state index contributed by atoms with van der Waals surface area (Å²) in [5.74, 6) is 2.41. The number of anilines is 2. The Morgan fingerprint density at radius 1 is 1.16 bits per heavy atom. The van der Waals surface area contributed by atoms with Crippen molar-refractivity contribution in [3.63, 3.8) is 0 Å². The third-order valence-electron chi connectivity index (χ3n) is 5.24. The maximum atomic E-state index is 11.7. The van der Waals surface area contributed by atoms with Crippen LogP contribution in [0.15, 0.2) is 34.4 Å². The van der Waals surface area contributed by atoms with E-state index in [0.717, 1.165) is 11.8 Å². The molecule has 37 heavy (non-hydrogen) atoms. The van der Waals surface area contributed by atoms with Crippen LogP contribution in [-0.2, 0) is 21.3 Å².